The molecule has 7 nitrogen and oxygen atoms in total. The molecule has 1 fully saturated rings. The van der Waals surface area contributed by atoms with E-state index in [1.165, 1.54) is 23.9 Å². The van der Waals surface area contributed by atoms with Crippen molar-refractivity contribution in [2.24, 2.45) is 5.41 Å². The van der Waals surface area contributed by atoms with Gasteiger partial charge in [0, 0.05) is 36.7 Å². The fourth-order valence-electron chi connectivity index (χ4n) is 3.92. The highest BCUT2D eigenvalue weighted by Gasteiger charge is 2.35. The minimum atomic E-state index is -0.445. The Morgan fingerprint density at radius 1 is 1.06 bits per heavy atom. The Balaban J connectivity index is 1.32. The van der Waals surface area contributed by atoms with Gasteiger partial charge in [-0.2, -0.15) is 0 Å². The number of hydrogen-bond donors (Lipinski definition) is 0. The van der Waals surface area contributed by atoms with Crippen LogP contribution in [-0.2, 0) is 10.5 Å². The van der Waals surface area contributed by atoms with E-state index < -0.39 is 5.41 Å². The summed E-state index contributed by atoms with van der Waals surface area (Å²) in [5.41, 5.74) is 1.01. The van der Waals surface area contributed by atoms with Gasteiger partial charge in [0.15, 0.2) is 5.76 Å². The Bertz CT molecular complexity index is 1190. The zero-order valence-electron chi connectivity index (χ0n) is 20.3. The Morgan fingerprint density at radius 3 is 2.43 bits per heavy atom. The first-order chi connectivity index (χ1) is 16.6. The van der Waals surface area contributed by atoms with Gasteiger partial charge in [0.1, 0.15) is 16.6 Å². The number of nitrogens with zero attached hydrogens (tertiary/aromatic N) is 4. The summed E-state index contributed by atoms with van der Waals surface area (Å²) in [7, 11) is 0. The molecule has 0 radical (unpaired) electrons. The summed E-state index contributed by atoms with van der Waals surface area (Å²) in [6, 6.07) is 13.2. The van der Waals surface area contributed by atoms with Crippen molar-refractivity contribution in [3.63, 3.8) is 0 Å². The molecule has 35 heavy (non-hydrogen) atoms. The SMILES string of the molecule is CC1CN(C(=O)c2ccc(CSc3ccc(-c4ccc(F)cc4)nn3)o2)CCN1C(=O)C(C)(C)C. The zero-order valence-corrected chi connectivity index (χ0v) is 21.1. The number of thioether (sulfide) groups is 1. The van der Waals surface area contributed by atoms with Crippen molar-refractivity contribution in [1.29, 1.82) is 0 Å². The van der Waals surface area contributed by atoms with Crippen molar-refractivity contribution in [3.8, 4) is 11.3 Å². The maximum Gasteiger partial charge on any atom is 0.289 e. The molecule has 0 N–H and O–H groups in total. The number of rotatable bonds is 5. The third-order valence-corrected chi connectivity index (χ3v) is 6.77. The quantitative estimate of drug-likeness (QED) is 0.468. The van der Waals surface area contributed by atoms with Crippen molar-refractivity contribution in [3.05, 3.63) is 65.9 Å². The summed E-state index contributed by atoms with van der Waals surface area (Å²) in [6.07, 6.45) is 0. The van der Waals surface area contributed by atoms with Crippen LogP contribution in [0.25, 0.3) is 11.3 Å². The van der Waals surface area contributed by atoms with E-state index in [-0.39, 0.29) is 23.7 Å². The molecule has 1 atom stereocenters. The van der Waals surface area contributed by atoms with Crippen LogP contribution in [-0.4, -0.2) is 57.5 Å². The summed E-state index contributed by atoms with van der Waals surface area (Å²) in [5.74, 6) is 1.10. The molecular formula is C26H29FN4O3S. The highest BCUT2D eigenvalue weighted by Crippen LogP contribution is 2.26. The minimum absolute atomic E-state index is 0.0548. The first kappa shape index (κ1) is 24.9. The van der Waals surface area contributed by atoms with Crippen LogP contribution in [0.4, 0.5) is 4.39 Å². The molecule has 3 aromatic rings. The third kappa shape index (κ3) is 5.90. The molecular weight excluding hydrogens is 467 g/mol. The second-order valence-corrected chi connectivity index (χ2v) is 10.7. The minimum Gasteiger partial charge on any atom is -0.455 e. The lowest BCUT2D eigenvalue weighted by Crippen LogP contribution is -2.57. The van der Waals surface area contributed by atoms with Crippen LogP contribution in [0.5, 0.6) is 0 Å². The van der Waals surface area contributed by atoms with Gasteiger partial charge in [0.2, 0.25) is 5.91 Å². The van der Waals surface area contributed by atoms with E-state index in [4.69, 9.17) is 4.42 Å². The Morgan fingerprint density at radius 2 is 1.80 bits per heavy atom. The van der Waals surface area contributed by atoms with Crippen molar-refractivity contribution in [1.82, 2.24) is 20.0 Å². The lowest BCUT2D eigenvalue weighted by molar-refractivity contribution is -0.143. The number of furan rings is 1. The number of carbonyl (C=O) groups is 2. The van der Waals surface area contributed by atoms with Crippen LogP contribution in [0.15, 0.2) is 58.0 Å². The van der Waals surface area contributed by atoms with Crippen molar-refractivity contribution < 1.29 is 18.4 Å². The van der Waals surface area contributed by atoms with Gasteiger partial charge in [0.25, 0.3) is 5.91 Å². The van der Waals surface area contributed by atoms with E-state index >= 15 is 0 Å². The monoisotopic (exact) mass is 496 g/mol. The van der Waals surface area contributed by atoms with Gasteiger partial charge >= 0.3 is 0 Å². The molecule has 3 heterocycles. The summed E-state index contributed by atoms with van der Waals surface area (Å²) >= 11 is 1.45. The second kappa shape index (κ2) is 10.2. The smallest absolute Gasteiger partial charge is 0.289 e. The Hall–Kier alpha value is -3.20. The van der Waals surface area contributed by atoms with Crippen LogP contribution < -0.4 is 0 Å². The van der Waals surface area contributed by atoms with Gasteiger partial charge in [-0.3, -0.25) is 9.59 Å². The number of halogens is 1. The summed E-state index contributed by atoms with van der Waals surface area (Å²) in [5, 5.41) is 9.15. The summed E-state index contributed by atoms with van der Waals surface area (Å²) in [4.78, 5) is 29.2. The molecule has 1 unspecified atom stereocenters. The number of piperazine rings is 1. The molecule has 1 aliphatic heterocycles. The second-order valence-electron chi connectivity index (χ2n) is 9.67. The van der Waals surface area contributed by atoms with E-state index in [0.29, 0.717) is 47.6 Å². The first-order valence-electron chi connectivity index (χ1n) is 11.5. The first-order valence-corrected chi connectivity index (χ1v) is 12.5. The van der Waals surface area contributed by atoms with Crippen LogP contribution in [0.1, 0.15) is 44.0 Å². The fourth-order valence-corrected chi connectivity index (χ4v) is 4.63. The van der Waals surface area contributed by atoms with Gasteiger partial charge < -0.3 is 14.2 Å². The maximum absolute atomic E-state index is 13.1. The lowest BCUT2D eigenvalue weighted by atomic mass is 9.93. The summed E-state index contributed by atoms with van der Waals surface area (Å²) in [6.45, 7) is 9.16. The highest BCUT2D eigenvalue weighted by molar-refractivity contribution is 7.98. The van der Waals surface area contributed by atoms with Crippen LogP contribution >= 0.6 is 11.8 Å². The zero-order chi connectivity index (χ0) is 25.2. The van der Waals surface area contributed by atoms with E-state index in [1.807, 2.05) is 44.7 Å². The average Bonchev–Trinajstić information content (AvgIpc) is 3.31. The molecule has 0 spiro atoms. The van der Waals surface area contributed by atoms with Crippen molar-refractivity contribution in [2.45, 2.75) is 44.5 Å². The van der Waals surface area contributed by atoms with E-state index in [9.17, 15) is 14.0 Å². The normalized spacial score (nSPS) is 16.4. The molecule has 2 amide bonds. The van der Waals surface area contributed by atoms with Gasteiger partial charge in [-0.05, 0) is 55.5 Å². The van der Waals surface area contributed by atoms with E-state index in [0.717, 1.165) is 5.56 Å². The molecule has 0 aliphatic carbocycles. The molecule has 9 heteroatoms. The molecule has 1 aliphatic rings. The average molecular weight is 497 g/mol. The van der Waals surface area contributed by atoms with Crippen LogP contribution in [0.3, 0.4) is 0 Å². The lowest BCUT2D eigenvalue weighted by Gasteiger charge is -2.42. The highest BCUT2D eigenvalue weighted by atomic mass is 32.2. The van der Waals surface area contributed by atoms with Crippen molar-refractivity contribution >= 4 is 23.6 Å². The van der Waals surface area contributed by atoms with E-state index in [1.54, 1.807) is 29.2 Å². The Labute approximate surface area is 208 Å². The maximum atomic E-state index is 13.1. The van der Waals surface area contributed by atoms with Gasteiger partial charge in [-0.15, -0.1) is 10.2 Å². The number of aromatic nitrogens is 2. The van der Waals surface area contributed by atoms with Gasteiger partial charge in [-0.1, -0.05) is 32.5 Å². The molecule has 0 saturated carbocycles. The fraction of sp³-hybridized carbons (Fsp3) is 0.385. The molecule has 2 aromatic heterocycles. The Kier molecular flexibility index (Phi) is 7.25. The van der Waals surface area contributed by atoms with Crippen LogP contribution in [0.2, 0.25) is 0 Å². The number of hydrogen-bond acceptors (Lipinski definition) is 6. The predicted molar refractivity (Wildman–Crippen MR) is 132 cm³/mol. The standard InChI is InChI=1S/C26H29FN4O3S/c1-17-15-30(13-14-31(17)25(33)26(2,3)4)24(32)22-11-9-20(34-22)16-35-23-12-10-21(28-29-23)18-5-7-19(27)8-6-18/h5-12,17H,13-16H2,1-4H3. The molecule has 184 valence electrons. The topological polar surface area (TPSA) is 79.5 Å². The van der Waals surface area contributed by atoms with Gasteiger partial charge in [0.05, 0.1) is 11.4 Å². The third-order valence-electron chi connectivity index (χ3n) is 5.83. The van der Waals surface area contributed by atoms with Gasteiger partial charge in [-0.25, -0.2) is 4.39 Å². The number of carbonyl (C=O) groups excluding carboxylic acids is 2. The number of amides is 2. The molecule has 0 bridgehead atoms. The van der Waals surface area contributed by atoms with E-state index in [2.05, 4.69) is 10.2 Å². The van der Waals surface area contributed by atoms with Crippen LogP contribution in [0, 0.1) is 11.2 Å². The largest absolute Gasteiger partial charge is 0.455 e. The molecule has 4 rings (SSSR count). The van der Waals surface area contributed by atoms with Crippen molar-refractivity contribution in [2.75, 3.05) is 19.6 Å². The predicted octanol–water partition coefficient (Wildman–Crippen LogP) is 4.89. The molecule has 1 aromatic carbocycles. The summed E-state index contributed by atoms with van der Waals surface area (Å²) < 4.78 is 18.9. The number of benzene rings is 1. The molecule has 1 saturated heterocycles.